The van der Waals surface area contributed by atoms with Crippen molar-refractivity contribution in [1.82, 2.24) is 5.06 Å². The highest BCUT2D eigenvalue weighted by atomic mass is 32.2. The summed E-state index contributed by atoms with van der Waals surface area (Å²) in [6.07, 6.45) is -2.81. The molecule has 160 valence electrons. The van der Waals surface area contributed by atoms with E-state index in [0.717, 1.165) is 16.8 Å². The van der Waals surface area contributed by atoms with Crippen LogP contribution in [0.15, 0.2) is 52.8 Å². The van der Waals surface area contributed by atoms with E-state index in [2.05, 4.69) is 11.4 Å². The molecule has 2 aromatic carbocycles. The van der Waals surface area contributed by atoms with Gasteiger partial charge in [0.25, 0.3) is 0 Å². The van der Waals surface area contributed by atoms with Crippen LogP contribution >= 0.6 is 11.8 Å². The summed E-state index contributed by atoms with van der Waals surface area (Å²) in [5.41, 5.74) is 1.28. The van der Waals surface area contributed by atoms with Gasteiger partial charge in [0.2, 0.25) is 0 Å². The van der Waals surface area contributed by atoms with Gasteiger partial charge in [0.1, 0.15) is 11.6 Å². The van der Waals surface area contributed by atoms with Crippen molar-refractivity contribution in [1.29, 1.82) is 0 Å². The number of carbonyl (C=O) groups excluding carboxylic acids is 1. The van der Waals surface area contributed by atoms with Gasteiger partial charge in [-0.3, -0.25) is 0 Å². The molecule has 1 aliphatic heterocycles. The molecule has 0 amide bonds. The number of hydroxylamine groups is 2. The second-order valence-corrected chi connectivity index (χ2v) is 7.84. The fourth-order valence-corrected chi connectivity index (χ4v) is 4.21. The number of alkyl halides is 3. The maximum Gasteiger partial charge on any atom is 0.492 e. The predicted octanol–water partition coefficient (Wildman–Crippen LogP) is 5.96. The molecule has 30 heavy (non-hydrogen) atoms. The van der Waals surface area contributed by atoms with Crippen LogP contribution in [0.2, 0.25) is 0 Å². The average molecular weight is 443 g/mol. The zero-order chi connectivity index (χ0) is 21.9. The van der Waals surface area contributed by atoms with E-state index in [1.54, 1.807) is 18.2 Å². The average Bonchev–Trinajstić information content (AvgIpc) is 2.70. The van der Waals surface area contributed by atoms with Gasteiger partial charge in [-0.15, -0.1) is 5.06 Å². The Balaban J connectivity index is 1.73. The number of nitrogens with zero attached hydrogens (tertiary/aromatic N) is 1. The molecule has 0 aliphatic carbocycles. The van der Waals surface area contributed by atoms with E-state index < -0.39 is 23.8 Å². The first kappa shape index (κ1) is 22.3. The summed E-state index contributed by atoms with van der Waals surface area (Å²) < 4.78 is 65.3. The molecule has 0 bridgehead atoms. The predicted molar refractivity (Wildman–Crippen MR) is 103 cm³/mol. The number of piperidine rings is 1. The largest absolute Gasteiger partial charge is 0.492 e. The molecule has 0 saturated carbocycles. The Bertz CT molecular complexity index is 939. The van der Waals surface area contributed by atoms with Gasteiger partial charge in [0.15, 0.2) is 0 Å². The second kappa shape index (κ2) is 9.18. The van der Waals surface area contributed by atoms with E-state index in [1.807, 2.05) is 0 Å². The number of halogens is 5. The van der Waals surface area contributed by atoms with Crippen molar-refractivity contribution in [3.8, 4) is 0 Å². The van der Waals surface area contributed by atoms with Gasteiger partial charge in [-0.2, -0.15) is 13.2 Å². The highest BCUT2D eigenvalue weighted by Gasteiger charge is 2.43. The van der Waals surface area contributed by atoms with Crippen molar-refractivity contribution < 1.29 is 31.6 Å². The Morgan fingerprint density at radius 3 is 2.37 bits per heavy atom. The monoisotopic (exact) mass is 443 g/mol. The van der Waals surface area contributed by atoms with Gasteiger partial charge in [-0.25, -0.2) is 13.6 Å². The third-order valence-corrected chi connectivity index (χ3v) is 5.86. The third kappa shape index (κ3) is 5.40. The first-order chi connectivity index (χ1) is 14.2. The van der Waals surface area contributed by atoms with E-state index in [0.29, 0.717) is 33.8 Å². The molecule has 2 aromatic rings. The molecule has 3 nitrogen and oxygen atoms in total. The van der Waals surface area contributed by atoms with E-state index in [4.69, 9.17) is 0 Å². The SMILES string of the molecule is C=Cc1ccc(Sc2ccc(F)cc2C2CCN(OC(=O)C(F)(F)F)CC2)c(F)c1. The molecule has 1 heterocycles. The molecule has 0 aromatic heterocycles. The lowest BCUT2D eigenvalue weighted by Gasteiger charge is -2.31. The molecule has 1 fully saturated rings. The van der Waals surface area contributed by atoms with Gasteiger partial charge in [0, 0.05) is 22.9 Å². The molecule has 3 rings (SSSR count). The quantitative estimate of drug-likeness (QED) is 0.534. The van der Waals surface area contributed by atoms with Crippen LogP contribution in [0.1, 0.15) is 29.9 Å². The lowest BCUT2D eigenvalue weighted by Crippen LogP contribution is -2.39. The molecule has 0 spiro atoms. The smallest absolute Gasteiger partial charge is 0.361 e. The fraction of sp³-hybridized carbons (Fsp3) is 0.286. The standard InChI is InChI=1S/C21H18F5NO2S/c1-2-13-3-5-19(17(23)11-13)30-18-6-4-15(22)12-16(18)14-7-9-27(10-8-14)29-20(28)21(24,25)26/h2-6,11-12,14H,1,7-10H2. The third-order valence-electron chi connectivity index (χ3n) is 4.72. The van der Waals surface area contributed by atoms with E-state index >= 15 is 0 Å². The summed E-state index contributed by atoms with van der Waals surface area (Å²) in [6.45, 7) is 3.75. The zero-order valence-electron chi connectivity index (χ0n) is 15.7. The lowest BCUT2D eigenvalue weighted by molar-refractivity contribution is -0.241. The van der Waals surface area contributed by atoms with Crippen molar-refractivity contribution in [2.45, 2.75) is 34.7 Å². The Labute approximate surface area is 174 Å². The number of rotatable bonds is 5. The molecular formula is C21H18F5NO2S. The van der Waals surface area contributed by atoms with Crippen molar-refractivity contribution in [2.75, 3.05) is 13.1 Å². The lowest BCUT2D eigenvalue weighted by atomic mass is 9.90. The summed E-state index contributed by atoms with van der Waals surface area (Å²) >= 11 is 1.15. The first-order valence-electron chi connectivity index (χ1n) is 9.10. The van der Waals surface area contributed by atoms with Crippen LogP contribution in [0.4, 0.5) is 22.0 Å². The molecule has 9 heteroatoms. The maximum absolute atomic E-state index is 14.4. The molecule has 0 radical (unpaired) electrons. The number of carbonyl (C=O) groups is 1. The van der Waals surface area contributed by atoms with Gasteiger partial charge < -0.3 is 4.84 Å². The molecule has 1 aliphatic rings. The van der Waals surface area contributed by atoms with Crippen molar-refractivity contribution >= 4 is 23.8 Å². The fourth-order valence-electron chi connectivity index (χ4n) is 3.20. The van der Waals surface area contributed by atoms with Crippen molar-refractivity contribution in [3.63, 3.8) is 0 Å². The Hall–Kier alpha value is -2.39. The number of hydrogen-bond acceptors (Lipinski definition) is 4. The summed E-state index contributed by atoms with van der Waals surface area (Å²) in [5.74, 6) is -3.31. The van der Waals surface area contributed by atoms with Gasteiger partial charge in [-0.05, 0) is 60.2 Å². The summed E-state index contributed by atoms with van der Waals surface area (Å²) in [7, 11) is 0. The molecular weight excluding hydrogens is 425 g/mol. The van der Waals surface area contributed by atoms with Crippen LogP contribution in [0.3, 0.4) is 0 Å². The second-order valence-electron chi connectivity index (χ2n) is 6.76. The summed E-state index contributed by atoms with van der Waals surface area (Å²) in [4.78, 5) is 16.4. The molecule has 0 N–H and O–H groups in total. The zero-order valence-corrected chi connectivity index (χ0v) is 16.5. The molecule has 0 unspecified atom stereocenters. The van der Waals surface area contributed by atoms with Gasteiger partial charge in [-0.1, -0.05) is 30.5 Å². The van der Waals surface area contributed by atoms with Crippen LogP contribution in [0.25, 0.3) is 6.08 Å². The van der Waals surface area contributed by atoms with E-state index in [-0.39, 0.29) is 19.0 Å². The molecule has 0 atom stereocenters. The van der Waals surface area contributed by atoms with Crippen LogP contribution in [0, 0.1) is 11.6 Å². The maximum atomic E-state index is 14.4. The summed E-state index contributed by atoms with van der Waals surface area (Å²) in [6, 6.07) is 8.89. The van der Waals surface area contributed by atoms with E-state index in [1.165, 1.54) is 24.3 Å². The minimum absolute atomic E-state index is 0.0789. The Morgan fingerprint density at radius 1 is 1.10 bits per heavy atom. The normalized spacial score (nSPS) is 15.8. The number of benzene rings is 2. The highest BCUT2D eigenvalue weighted by molar-refractivity contribution is 7.99. The van der Waals surface area contributed by atoms with Crippen molar-refractivity contribution in [3.05, 3.63) is 65.7 Å². The minimum atomic E-state index is -5.06. The van der Waals surface area contributed by atoms with Crippen LogP contribution < -0.4 is 0 Å². The Kier molecular flexibility index (Phi) is 6.82. The van der Waals surface area contributed by atoms with Gasteiger partial charge in [0.05, 0.1) is 0 Å². The molecule has 1 saturated heterocycles. The van der Waals surface area contributed by atoms with Crippen LogP contribution in [0.5, 0.6) is 0 Å². The Morgan fingerprint density at radius 2 is 1.77 bits per heavy atom. The number of hydrogen-bond donors (Lipinski definition) is 0. The summed E-state index contributed by atoms with van der Waals surface area (Å²) in [5, 5.41) is 0.964. The minimum Gasteiger partial charge on any atom is -0.361 e. The highest BCUT2D eigenvalue weighted by Crippen LogP contribution is 2.39. The van der Waals surface area contributed by atoms with Crippen LogP contribution in [-0.2, 0) is 9.63 Å². The van der Waals surface area contributed by atoms with E-state index in [9.17, 15) is 26.7 Å². The van der Waals surface area contributed by atoms with Crippen LogP contribution in [-0.4, -0.2) is 30.3 Å². The van der Waals surface area contributed by atoms with Gasteiger partial charge >= 0.3 is 12.1 Å². The van der Waals surface area contributed by atoms with Crippen molar-refractivity contribution in [2.24, 2.45) is 0 Å². The topological polar surface area (TPSA) is 29.5 Å². The first-order valence-corrected chi connectivity index (χ1v) is 9.92.